The normalized spacial score (nSPS) is 13.1. The van der Waals surface area contributed by atoms with Gasteiger partial charge in [0.25, 0.3) is 0 Å². The molecule has 0 amide bonds. The molecule has 74 valence electrons. The van der Waals surface area contributed by atoms with E-state index in [9.17, 15) is 0 Å². The highest BCUT2D eigenvalue weighted by molar-refractivity contribution is 7.99. The second-order valence-corrected chi connectivity index (χ2v) is 5.19. The number of hydrogen-bond acceptors (Lipinski definition) is 5. The fraction of sp³-hybridized carbons (Fsp3) is 0.625. The molecule has 3 nitrogen and oxygen atoms in total. The highest BCUT2D eigenvalue weighted by Gasteiger charge is 2.03. The predicted molar refractivity (Wildman–Crippen MR) is 61.0 cm³/mol. The van der Waals surface area contributed by atoms with E-state index in [4.69, 9.17) is 11.5 Å². The monoisotopic (exact) mass is 217 g/mol. The van der Waals surface area contributed by atoms with E-state index in [1.54, 1.807) is 0 Å². The predicted octanol–water partition coefficient (Wildman–Crippen LogP) is 1.70. The molecule has 13 heavy (non-hydrogen) atoms. The zero-order valence-corrected chi connectivity index (χ0v) is 9.33. The molecule has 0 saturated heterocycles. The molecule has 0 saturated carbocycles. The second-order valence-electron chi connectivity index (χ2n) is 2.88. The molecule has 0 fully saturated rings. The molecule has 1 rings (SSSR count). The van der Waals surface area contributed by atoms with Gasteiger partial charge in [-0.05, 0) is 13.0 Å². The number of rotatable bonds is 5. The Bertz CT molecular complexity index is 249. The largest absolute Gasteiger partial charge is 0.375 e. The van der Waals surface area contributed by atoms with Crippen LogP contribution >= 0.6 is 23.1 Å². The van der Waals surface area contributed by atoms with Gasteiger partial charge in [-0.1, -0.05) is 6.92 Å². The molecule has 1 atom stereocenters. The molecule has 0 aliphatic heterocycles. The first-order chi connectivity index (χ1) is 6.22. The lowest BCUT2D eigenvalue weighted by Gasteiger charge is -2.07. The number of nitrogen functional groups attached to an aromatic ring is 1. The molecular weight excluding hydrogens is 202 g/mol. The Morgan fingerprint density at radius 2 is 2.46 bits per heavy atom. The number of hydrogen-bond donors (Lipinski definition) is 2. The van der Waals surface area contributed by atoms with Crippen LogP contribution < -0.4 is 11.5 Å². The van der Waals surface area contributed by atoms with Crippen LogP contribution in [0.3, 0.4) is 0 Å². The molecule has 0 aromatic carbocycles. The number of nitrogens with zero attached hydrogens (tertiary/aromatic N) is 1. The Hall–Kier alpha value is -0.260. The van der Waals surface area contributed by atoms with Gasteiger partial charge in [-0.25, -0.2) is 4.98 Å². The Balaban J connectivity index is 2.26. The number of nitrogens with two attached hydrogens (primary N) is 2. The first-order valence-corrected chi connectivity index (χ1v) is 6.16. The van der Waals surface area contributed by atoms with Gasteiger partial charge in [0.15, 0.2) is 5.13 Å². The molecule has 1 heterocycles. The van der Waals surface area contributed by atoms with Crippen molar-refractivity contribution in [3.8, 4) is 0 Å². The summed E-state index contributed by atoms with van der Waals surface area (Å²) in [5, 5.41) is 3.27. The minimum absolute atomic E-state index is 0.605. The molecule has 0 bridgehead atoms. The maximum Gasteiger partial charge on any atom is 0.180 e. The van der Waals surface area contributed by atoms with E-state index in [1.165, 1.54) is 11.3 Å². The quantitative estimate of drug-likeness (QED) is 0.788. The van der Waals surface area contributed by atoms with Crippen LogP contribution in [0.1, 0.15) is 19.0 Å². The van der Waals surface area contributed by atoms with Gasteiger partial charge >= 0.3 is 0 Å². The number of anilines is 1. The van der Waals surface area contributed by atoms with Crippen LogP contribution in [0.5, 0.6) is 0 Å². The van der Waals surface area contributed by atoms with Crippen LogP contribution in [-0.4, -0.2) is 16.8 Å². The van der Waals surface area contributed by atoms with Gasteiger partial charge in [-0.2, -0.15) is 11.8 Å². The number of aromatic nitrogens is 1. The fourth-order valence-electron chi connectivity index (χ4n) is 0.935. The van der Waals surface area contributed by atoms with Crippen molar-refractivity contribution >= 4 is 28.2 Å². The Morgan fingerprint density at radius 1 is 1.69 bits per heavy atom. The highest BCUT2D eigenvalue weighted by atomic mass is 32.2. The average molecular weight is 217 g/mol. The van der Waals surface area contributed by atoms with Crippen molar-refractivity contribution < 1.29 is 0 Å². The lowest BCUT2D eigenvalue weighted by atomic mass is 10.3. The van der Waals surface area contributed by atoms with Crippen LogP contribution in [0, 0.1) is 0 Å². The van der Waals surface area contributed by atoms with Crippen molar-refractivity contribution in [3.63, 3.8) is 0 Å². The third-order valence-corrected chi connectivity index (χ3v) is 3.65. The summed E-state index contributed by atoms with van der Waals surface area (Å²) >= 11 is 3.37. The van der Waals surface area contributed by atoms with Gasteiger partial charge in [0.2, 0.25) is 0 Å². The molecule has 0 spiro atoms. The van der Waals surface area contributed by atoms with Gasteiger partial charge in [0.05, 0.1) is 5.69 Å². The van der Waals surface area contributed by atoms with Gasteiger partial charge in [0, 0.05) is 16.4 Å². The molecular formula is C8H15N3S2. The second kappa shape index (κ2) is 5.47. The van der Waals surface area contributed by atoms with E-state index in [-0.39, 0.29) is 0 Å². The summed E-state index contributed by atoms with van der Waals surface area (Å²) in [5.41, 5.74) is 12.1. The van der Waals surface area contributed by atoms with Crippen LogP contribution in [0.4, 0.5) is 5.13 Å². The van der Waals surface area contributed by atoms with Crippen molar-refractivity contribution in [3.05, 3.63) is 11.1 Å². The lowest BCUT2D eigenvalue weighted by molar-refractivity contribution is 0.822. The lowest BCUT2D eigenvalue weighted by Crippen LogP contribution is -2.07. The van der Waals surface area contributed by atoms with Crippen molar-refractivity contribution in [2.24, 2.45) is 5.73 Å². The topological polar surface area (TPSA) is 64.9 Å². The van der Waals surface area contributed by atoms with E-state index in [2.05, 4.69) is 11.9 Å². The van der Waals surface area contributed by atoms with Crippen molar-refractivity contribution in [1.82, 2.24) is 4.98 Å². The van der Waals surface area contributed by atoms with E-state index in [1.807, 2.05) is 17.1 Å². The summed E-state index contributed by atoms with van der Waals surface area (Å²) in [6, 6.07) is 0. The van der Waals surface area contributed by atoms with E-state index < -0.39 is 0 Å². The maximum absolute atomic E-state index is 5.52. The summed E-state index contributed by atoms with van der Waals surface area (Å²) < 4.78 is 0. The van der Waals surface area contributed by atoms with Crippen LogP contribution in [-0.2, 0) is 5.75 Å². The van der Waals surface area contributed by atoms with Crippen molar-refractivity contribution in [2.45, 2.75) is 24.3 Å². The van der Waals surface area contributed by atoms with Gasteiger partial charge in [0.1, 0.15) is 0 Å². The van der Waals surface area contributed by atoms with Gasteiger partial charge < -0.3 is 11.5 Å². The van der Waals surface area contributed by atoms with E-state index >= 15 is 0 Å². The third kappa shape index (κ3) is 3.97. The van der Waals surface area contributed by atoms with Gasteiger partial charge in [-0.3, -0.25) is 0 Å². The zero-order chi connectivity index (χ0) is 9.68. The van der Waals surface area contributed by atoms with Crippen molar-refractivity contribution in [1.29, 1.82) is 0 Å². The fourth-order valence-corrected chi connectivity index (χ4v) is 2.51. The smallest absolute Gasteiger partial charge is 0.180 e. The minimum Gasteiger partial charge on any atom is -0.375 e. The molecule has 5 heteroatoms. The van der Waals surface area contributed by atoms with E-state index in [0.717, 1.165) is 24.4 Å². The number of thioether (sulfide) groups is 1. The van der Waals surface area contributed by atoms with Crippen molar-refractivity contribution in [2.75, 3.05) is 12.3 Å². The first-order valence-electron chi connectivity index (χ1n) is 4.24. The molecule has 1 aromatic rings. The van der Waals surface area contributed by atoms with E-state index in [0.29, 0.717) is 10.4 Å². The SMILES string of the molecule is CC(CCN)SCc1csc(N)n1. The summed E-state index contributed by atoms with van der Waals surface area (Å²) in [4.78, 5) is 4.19. The molecule has 0 aliphatic rings. The third-order valence-electron chi connectivity index (χ3n) is 1.66. The van der Waals surface area contributed by atoms with Crippen LogP contribution in [0.2, 0.25) is 0 Å². The highest BCUT2D eigenvalue weighted by Crippen LogP contribution is 2.21. The summed E-state index contributed by atoms with van der Waals surface area (Å²) in [5.74, 6) is 0.939. The molecule has 4 N–H and O–H groups in total. The Labute approximate surface area is 86.9 Å². The maximum atomic E-state index is 5.52. The Kier molecular flexibility index (Phi) is 4.55. The Morgan fingerprint density at radius 3 is 3.00 bits per heavy atom. The molecule has 0 aliphatic carbocycles. The molecule has 1 unspecified atom stereocenters. The molecule has 1 aromatic heterocycles. The van der Waals surface area contributed by atoms with Gasteiger partial charge in [-0.15, -0.1) is 11.3 Å². The standard InChI is InChI=1S/C8H15N3S2/c1-6(2-3-9)12-4-7-5-13-8(10)11-7/h5-6H,2-4,9H2,1H3,(H2,10,11). The van der Waals surface area contributed by atoms with Crippen LogP contribution in [0.15, 0.2) is 5.38 Å². The van der Waals surface area contributed by atoms with Crippen LogP contribution in [0.25, 0.3) is 0 Å². The average Bonchev–Trinajstić information content (AvgIpc) is 2.49. The summed E-state index contributed by atoms with van der Waals surface area (Å²) in [7, 11) is 0. The zero-order valence-electron chi connectivity index (χ0n) is 7.69. The first kappa shape index (κ1) is 10.8. The summed E-state index contributed by atoms with van der Waals surface area (Å²) in [6.45, 7) is 2.95. The minimum atomic E-state index is 0.605. The molecule has 0 radical (unpaired) electrons. The summed E-state index contributed by atoms with van der Waals surface area (Å²) in [6.07, 6.45) is 1.06. The number of thiazole rings is 1.